The van der Waals surface area contributed by atoms with Crippen LogP contribution in [0.25, 0.3) is 0 Å². The van der Waals surface area contributed by atoms with Gasteiger partial charge in [-0.25, -0.2) is 8.42 Å². The van der Waals surface area contributed by atoms with E-state index in [1.807, 2.05) is 25.1 Å². The molecule has 0 heterocycles. The van der Waals surface area contributed by atoms with Gasteiger partial charge in [-0.3, -0.25) is 0 Å². The SMILES string of the molecule is Cc1cc(Oc2ccc(S(=O)(=O)Cl)cc2)ccc1C(C)C. The summed E-state index contributed by atoms with van der Waals surface area (Å²) >= 11 is 0. The Kier molecular flexibility index (Phi) is 4.59. The number of hydrogen-bond acceptors (Lipinski definition) is 3. The second kappa shape index (κ2) is 6.08. The molecule has 0 amide bonds. The zero-order valence-corrected chi connectivity index (χ0v) is 13.7. The van der Waals surface area contributed by atoms with E-state index in [9.17, 15) is 8.42 Å². The fourth-order valence-electron chi connectivity index (χ4n) is 2.17. The number of benzene rings is 2. The fourth-order valence-corrected chi connectivity index (χ4v) is 2.94. The third-order valence-electron chi connectivity index (χ3n) is 3.20. The molecule has 0 saturated carbocycles. The van der Waals surface area contributed by atoms with Crippen LogP contribution >= 0.6 is 10.7 Å². The summed E-state index contributed by atoms with van der Waals surface area (Å²) in [6.45, 7) is 6.34. The van der Waals surface area contributed by atoms with Crippen molar-refractivity contribution in [1.29, 1.82) is 0 Å². The maximum Gasteiger partial charge on any atom is 0.261 e. The van der Waals surface area contributed by atoms with Crippen LogP contribution < -0.4 is 4.74 Å². The molecule has 0 aliphatic heterocycles. The summed E-state index contributed by atoms with van der Waals surface area (Å²) in [6.07, 6.45) is 0. The van der Waals surface area contributed by atoms with Crippen LogP contribution in [0.3, 0.4) is 0 Å². The van der Waals surface area contributed by atoms with Crippen molar-refractivity contribution in [2.45, 2.75) is 31.6 Å². The Morgan fingerprint density at radius 2 is 1.57 bits per heavy atom. The van der Waals surface area contributed by atoms with Gasteiger partial charge in [-0.15, -0.1) is 0 Å². The molecule has 2 aromatic rings. The normalized spacial score (nSPS) is 11.7. The predicted molar refractivity (Wildman–Crippen MR) is 84.8 cm³/mol. The van der Waals surface area contributed by atoms with Crippen molar-refractivity contribution in [2.24, 2.45) is 0 Å². The topological polar surface area (TPSA) is 43.4 Å². The van der Waals surface area contributed by atoms with Crippen LogP contribution in [0.1, 0.15) is 30.9 Å². The minimum Gasteiger partial charge on any atom is -0.457 e. The van der Waals surface area contributed by atoms with Gasteiger partial charge in [0.1, 0.15) is 11.5 Å². The van der Waals surface area contributed by atoms with E-state index < -0.39 is 9.05 Å². The Balaban J connectivity index is 2.21. The van der Waals surface area contributed by atoms with Gasteiger partial charge in [0.25, 0.3) is 9.05 Å². The Bertz CT molecular complexity index is 735. The average molecular weight is 325 g/mol. The van der Waals surface area contributed by atoms with Crippen molar-refractivity contribution in [3.8, 4) is 11.5 Å². The Hall–Kier alpha value is -1.52. The van der Waals surface area contributed by atoms with Crippen LogP contribution in [0.15, 0.2) is 47.4 Å². The highest BCUT2D eigenvalue weighted by Crippen LogP contribution is 2.28. The van der Waals surface area contributed by atoms with Gasteiger partial charge >= 0.3 is 0 Å². The molecule has 21 heavy (non-hydrogen) atoms. The second-order valence-electron chi connectivity index (χ2n) is 5.18. The summed E-state index contributed by atoms with van der Waals surface area (Å²) in [5, 5.41) is 0. The van der Waals surface area contributed by atoms with Gasteiger partial charge in [0.15, 0.2) is 0 Å². The highest BCUT2D eigenvalue weighted by molar-refractivity contribution is 8.13. The molecule has 0 spiro atoms. The zero-order valence-electron chi connectivity index (χ0n) is 12.1. The van der Waals surface area contributed by atoms with Gasteiger partial charge in [0, 0.05) is 10.7 Å². The predicted octanol–water partition coefficient (Wildman–Crippen LogP) is 4.84. The summed E-state index contributed by atoms with van der Waals surface area (Å²) in [6, 6.07) is 11.9. The lowest BCUT2D eigenvalue weighted by molar-refractivity contribution is 0.481. The van der Waals surface area contributed by atoms with E-state index in [0.29, 0.717) is 11.7 Å². The van der Waals surface area contributed by atoms with Crippen molar-refractivity contribution < 1.29 is 13.2 Å². The van der Waals surface area contributed by atoms with Crippen LogP contribution in [0.5, 0.6) is 11.5 Å². The molecule has 0 aromatic heterocycles. The van der Waals surface area contributed by atoms with Crippen LogP contribution in [0.2, 0.25) is 0 Å². The molecule has 0 aliphatic rings. The van der Waals surface area contributed by atoms with E-state index in [0.717, 1.165) is 5.75 Å². The second-order valence-corrected chi connectivity index (χ2v) is 7.75. The molecule has 0 bridgehead atoms. The summed E-state index contributed by atoms with van der Waals surface area (Å²) < 4.78 is 28.1. The van der Waals surface area contributed by atoms with E-state index in [1.54, 1.807) is 12.1 Å². The van der Waals surface area contributed by atoms with Crippen molar-refractivity contribution in [3.63, 3.8) is 0 Å². The van der Waals surface area contributed by atoms with Crippen LogP contribution in [-0.4, -0.2) is 8.42 Å². The van der Waals surface area contributed by atoms with E-state index in [2.05, 4.69) is 13.8 Å². The van der Waals surface area contributed by atoms with Crippen molar-refractivity contribution >= 4 is 19.7 Å². The third-order valence-corrected chi connectivity index (χ3v) is 4.57. The minimum atomic E-state index is -3.70. The Morgan fingerprint density at radius 1 is 1.00 bits per heavy atom. The van der Waals surface area contributed by atoms with E-state index >= 15 is 0 Å². The summed E-state index contributed by atoms with van der Waals surface area (Å²) in [7, 11) is 1.57. The molecule has 0 saturated heterocycles. The van der Waals surface area contributed by atoms with Crippen molar-refractivity contribution in [1.82, 2.24) is 0 Å². The molecule has 0 atom stereocenters. The minimum absolute atomic E-state index is 0.0582. The summed E-state index contributed by atoms with van der Waals surface area (Å²) in [5.41, 5.74) is 2.45. The van der Waals surface area contributed by atoms with Crippen molar-refractivity contribution in [3.05, 3.63) is 53.6 Å². The van der Waals surface area contributed by atoms with E-state index in [-0.39, 0.29) is 4.90 Å². The highest BCUT2D eigenvalue weighted by atomic mass is 35.7. The standard InChI is InChI=1S/C16H17ClO3S/c1-11(2)16-9-6-14(10-12(16)3)20-13-4-7-15(8-5-13)21(17,18)19/h4-11H,1-3H3. The molecule has 0 radical (unpaired) electrons. The number of halogens is 1. The van der Waals surface area contributed by atoms with Gasteiger partial charge in [0.2, 0.25) is 0 Å². The first-order chi connectivity index (χ1) is 9.77. The third kappa shape index (κ3) is 3.99. The monoisotopic (exact) mass is 324 g/mol. The quantitative estimate of drug-likeness (QED) is 0.756. The molecular formula is C16H17ClO3S. The van der Waals surface area contributed by atoms with Crippen LogP contribution in [-0.2, 0) is 9.05 Å². The summed E-state index contributed by atoms with van der Waals surface area (Å²) in [5.74, 6) is 1.75. The molecular weight excluding hydrogens is 308 g/mol. The lowest BCUT2D eigenvalue weighted by Gasteiger charge is -2.12. The molecule has 2 aromatic carbocycles. The molecule has 0 aliphatic carbocycles. The van der Waals surface area contributed by atoms with Crippen LogP contribution in [0.4, 0.5) is 0 Å². The largest absolute Gasteiger partial charge is 0.457 e. The fraction of sp³-hybridized carbons (Fsp3) is 0.250. The lowest BCUT2D eigenvalue weighted by Crippen LogP contribution is -1.93. The van der Waals surface area contributed by atoms with E-state index in [4.69, 9.17) is 15.4 Å². The number of aryl methyl sites for hydroxylation is 1. The molecule has 5 heteroatoms. The average Bonchev–Trinajstić information content (AvgIpc) is 2.38. The Morgan fingerprint density at radius 3 is 2.05 bits per heavy atom. The molecule has 112 valence electrons. The summed E-state index contributed by atoms with van der Waals surface area (Å²) in [4.78, 5) is 0.0582. The van der Waals surface area contributed by atoms with Crippen molar-refractivity contribution in [2.75, 3.05) is 0 Å². The number of hydrogen-bond donors (Lipinski definition) is 0. The number of rotatable bonds is 4. The Labute approximate surface area is 129 Å². The molecule has 0 N–H and O–H groups in total. The zero-order chi connectivity index (χ0) is 15.6. The van der Waals surface area contributed by atoms with E-state index in [1.165, 1.54) is 23.3 Å². The first-order valence-electron chi connectivity index (χ1n) is 6.60. The molecule has 2 rings (SSSR count). The smallest absolute Gasteiger partial charge is 0.261 e. The maximum absolute atomic E-state index is 11.2. The first-order valence-corrected chi connectivity index (χ1v) is 8.91. The van der Waals surface area contributed by atoms with Gasteiger partial charge < -0.3 is 4.74 Å². The van der Waals surface area contributed by atoms with Gasteiger partial charge in [-0.05, 0) is 60.4 Å². The number of ether oxygens (including phenoxy) is 1. The van der Waals surface area contributed by atoms with Gasteiger partial charge in [-0.1, -0.05) is 19.9 Å². The first kappa shape index (κ1) is 15.9. The van der Waals surface area contributed by atoms with Crippen LogP contribution in [0, 0.1) is 6.92 Å². The maximum atomic E-state index is 11.2. The molecule has 0 fully saturated rings. The molecule has 0 unspecified atom stereocenters. The highest BCUT2D eigenvalue weighted by Gasteiger charge is 2.10. The molecule has 3 nitrogen and oxygen atoms in total. The van der Waals surface area contributed by atoms with Gasteiger partial charge in [0.05, 0.1) is 4.90 Å². The van der Waals surface area contributed by atoms with Gasteiger partial charge in [-0.2, -0.15) is 0 Å². The lowest BCUT2D eigenvalue weighted by atomic mass is 9.98.